The van der Waals surface area contributed by atoms with Crippen molar-refractivity contribution in [2.75, 3.05) is 44.7 Å². The summed E-state index contributed by atoms with van der Waals surface area (Å²) in [4.78, 5) is 5.97. The Balaban J connectivity index is 1.71. The molecule has 2 aromatic heterocycles. The number of pyridine rings is 1. The Morgan fingerprint density at radius 2 is 2.03 bits per heavy atom. The van der Waals surface area contributed by atoms with E-state index in [1.807, 2.05) is 6.07 Å². The summed E-state index contributed by atoms with van der Waals surface area (Å²) in [5, 5.41) is 13.7. The number of morpholine rings is 1. The van der Waals surface area contributed by atoms with Gasteiger partial charge in [-0.1, -0.05) is 26.0 Å². The summed E-state index contributed by atoms with van der Waals surface area (Å²) in [5.74, 6) is 1.74. The lowest BCUT2D eigenvalue weighted by atomic mass is 9.97. The van der Waals surface area contributed by atoms with Crippen LogP contribution in [0.1, 0.15) is 43.4 Å². The highest BCUT2D eigenvalue weighted by molar-refractivity contribution is 5.78. The molecule has 164 valence electrons. The molecule has 0 amide bonds. The van der Waals surface area contributed by atoms with Crippen molar-refractivity contribution >= 4 is 22.5 Å². The van der Waals surface area contributed by atoms with Crippen LogP contribution in [0.25, 0.3) is 16.7 Å². The molecule has 6 heteroatoms. The van der Waals surface area contributed by atoms with E-state index in [2.05, 4.69) is 64.6 Å². The number of benzene rings is 1. The van der Waals surface area contributed by atoms with E-state index in [9.17, 15) is 5.26 Å². The molecule has 31 heavy (non-hydrogen) atoms. The van der Waals surface area contributed by atoms with Crippen molar-refractivity contribution in [3.8, 4) is 6.07 Å². The normalized spacial score (nSPS) is 15.1. The summed E-state index contributed by atoms with van der Waals surface area (Å²) in [7, 11) is 0. The number of fused-ring (bicyclic) bond motifs is 3. The monoisotopic (exact) mass is 420 g/mol. The maximum absolute atomic E-state index is 9.97. The average molecular weight is 421 g/mol. The number of aromatic nitrogens is 2. The van der Waals surface area contributed by atoms with Gasteiger partial charge in [0.1, 0.15) is 22.7 Å². The average Bonchev–Trinajstić information content (AvgIpc) is 3.15. The lowest BCUT2D eigenvalue weighted by molar-refractivity contribution is -0.465. The third-order valence-electron chi connectivity index (χ3n) is 6.33. The summed E-state index contributed by atoms with van der Waals surface area (Å²) in [6.45, 7) is 12.3. The van der Waals surface area contributed by atoms with Crippen LogP contribution in [0.2, 0.25) is 0 Å². The molecule has 1 aromatic carbocycles. The van der Waals surface area contributed by atoms with Gasteiger partial charge in [-0.2, -0.15) is 9.66 Å². The van der Waals surface area contributed by atoms with Crippen LogP contribution in [0, 0.1) is 24.2 Å². The highest BCUT2D eigenvalue weighted by atomic mass is 16.5. The van der Waals surface area contributed by atoms with Crippen LogP contribution >= 0.6 is 0 Å². The molecule has 0 aliphatic carbocycles. The molecule has 0 atom stereocenters. The van der Waals surface area contributed by atoms with Gasteiger partial charge >= 0.3 is 0 Å². The van der Waals surface area contributed by atoms with Crippen molar-refractivity contribution in [1.29, 1.82) is 5.26 Å². The van der Waals surface area contributed by atoms with Crippen LogP contribution in [-0.4, -0.2) is 49.3 Å². The summed E-state index contributed by atoms with van der Waals surface area (Å²) >= 11 is 0. The topological polar surface area (TPSA) is 68.2 Å². The fraction of sp³-hybridized carbons (Fsp3) is 0.520. The predicted molar refractivity (Wildman–Crippen MR) is 124 cm³/mol. The minimum atomic E-state index is 0.614. The largest absolute Gasteiger partial charge is 0.379 e. The number of nitrogens with one attached hydrogen (secondary N) is 2. The molecular formula is C25H34N5O+. The molecule has 1 aliphatic rings. The molecule has 2 N–H and O–H groups in total. The molecule has 0 saturated carbocycles. The highest BCUT2D eigenvalue weighted by Crippen LogP contribution is 2.27. The Kier molecular flexibility index (Phi) is 6.74. The number of aromatic amines is 1. The molecule has 3 aromatic rings. The number of H-pyrrole nitrogens is 1. The van der Waals surface area contributed by atoms with Gasteiger partial charge in [0.15, 0.2) is 0 Å². The predicted octanol–water partition coefficient (Wildman–Crippen LogP) is 3.81. The molecule has 4 rings (SSSR count). The van der Waals surface area contributed by atoms with Crippen molar-refractivity contribution in [3.05, 3.63) is 41.0 Å². The van der Waals surface area contributed by atoms with Gasteiger partial charge in [0, 0.05) is 25.2 Å². The molecule has 0 bridgehead atoms. The minimum absolute atomic E-state index is 0.614. The Morgan fingerprint density at radius 3 is 2.77 bits per heavy atom. The number of nitriles is 1. The van der Waals surface area contributed by atoms with Gasteiger partial charge in [0.25, 0.3) is 0 Å². The Morgan fingerprint density at radius 1 is 1.26 bits per heavy atom. The Bertz CT molecular complexity index is 1090. The standard InChI is InChI=1S/C25H33N5O/c1-18(2)9-10-20-19(3)21(17-26)25-28-22-7-4-5-8-23(22)30(25)24(20)27-11-6-12-29-13-15-31-16-14-29/h4-5,7-8,18H,6,9-16H2,1-3H3,(H,27,28)/p+1. The van der Waals surface area contributed by atoms with E-state index in [4.69, 9.17) is 4.74 Å². The van der Waals surface area contributed by atoms with E-state index >= 15 is 0 Å². The zero-order valence-corrected chi connectivity index (χ0v) is 19.0. The van der Waals surface area contributed by atoms with Gasteiger partial charge in [-0.15, -0.1) is 0 Å². The quantitative estimate of drug-likeness (QED) is 0.430. The van der Waals surface area contributed by atoms with Gasteiger partial charge in [0.05, 0.1) is 19.8 Å². The number of para-hydroxylation sites is 2. The highest BCUT2D eigenvalue weighted by Gasteiger charge is 2.25. The number of rotatable bonds is 8. The third-order valence-corrected chi connectivity index (χ3v) is 6.33. The first-order valence-corrected chi connectivity index (χ1v) is 11.5. The van der Waals surface area contributed by atoms with E-state index < -0.39 is 0 Å². The fourth-order valence-electron chi connectivity index (χ4n) is 4.52. The maximum Gasteiger partial charge on any atom is 0.250 e. The molecule has 0 unspecified atom stereocenters. The Hall–Kier alpha value is -2.62. The molecule has 0 spiro atoms. The van der Waals surface area contributed by atoms with E-state index in [0.717, 1.165) is 92.3 Å². The minimum Gasteiger partial charge on any atom is -0.379 e. The zero-order chi connectivity index (χ0) is 21.8. The molecule has 6 nitrogen and oxygen atoms in total. The lowest BCUT2D eigenvalue weighted by Crippen LogP contribution is -2.37. The van der Waals surface area contributed by atoms with E-state index in [0.29, 0.717) is 5.92 Å². The van der Waals surface area contributed by atoms with Crippen molar-refractivity contribution in [2.24, 2.45) is 5.92 Å². The van der Waals surface area contributed by atoms with Gasteiger partial charge in [-0.25, -0.2) is 0 Å². The molecule has 0 radical (unpaired) electrons. The van der Waals surface area contributed by atoms with Crippen LogP contribution in [0.4, 0.5) is 5.82 Å². The second-order valence-electron chi connectivity index (χ2n) is 8.93. The number of ether oxygens (including phenoxy) is 1. The van der Waals surface area contributed by atoms with Gasteiger partial charge in [-0.05, 0) is 49.8 Å². The smallest absolute Gasteiger partial charge is 0.250 e. The molecule has 3 heterocycles. The maximum atomic E-state index is 9.97. The first-order valence-electron chi connectivity index (χ1n) is 11.5. The Labute approximate surface area is 184 Å². The van der Waals surface area contributed by atoms with E-state index in [1.54, 1.807) is 0 Å². The first-order chi connectivity index (χ1) is 15.1. The number of imidazole rings is 1. The lowest BCUT2D eigenvalue weighted by Gasteiger charge is -2.26. The van der Waals surface area contributed by atoms with Gasteiger partial charge < -0.3 is 10.1 Å². The first kappa shape index (κ1) is 21.6. The van der Waals surface area contributed by atoms with Crippen LogP contribution in [0.3, 0.4) is 0 Å². The van der Waals surface area contributed by atoms with Crippen molar-refractivity contribution in [2.45, 2.75) is 40.0 Å². The van der Waals surface area contributed by atoms with Crippen LogP contribution < -0.4 is 9.72 Å². The van der Waals surface area contributed by atoms with Gasteiger partial charge in [0.2, 0.25) is 11.5 Å². The summed E-state index contributed by atoms with van der Waals surface area (Å²) < 4.78 is 7.69. The number of nitrogens with zero attached hydrogens (tertiary/aromatic N) is 3. The third kappa shape index (κ3) is 4.53. The summed E-state index contributed by atoms with van der Waals surface area (Å²) in [5.41, 5.74) is 6.13. The van der Waals surface area contributed by atoms with Crippen LogP contribution in [0.5, 0.6) is 0 Å². The summed E-state index contributed by atoms with van der Waals surface area (Å²) in [6.07, 6.45) is 3.14. The van der Waals surface area contributed by atoms with Crippen LogP contribution in [-0.2, 0) is 11.2 Å². The van der Waals surface area contributed by atoms with Crippen LogP contribution in [0.15, 0.2) is 24.3 Å². The van der Waals surface area contributed by atoms with Gasteiger partial charge in [-0.3, -0.25) is 9.88 Å². The fourth-order valence-corrected chi connectivity index (χ4v) is 4.52. The summed E-state index contributed by atoms with van der Waals surface area (Å²) in [6, 6.07) is 10.8. The molecule has 1 aliphatic heterocycles. The number of hydrogen-bond donors (Lipinski definition) is 2. The second kappa shape index (κ2) is 9.67. The van der Waals surface area contributed by atoms with Crippen molar-refractivity contribution < 1.29 is 9.14 Å². The van der Waals surface area contributed by atoms with Crippen molar-refractivity contribution in [3.63, 3.8) is 0 Å². The number of anilines is 1. The zero-order valence-electron chi connectivity index (χ0n) is 19.0. The van der Waals surface area contributed by atoms with Crippen molar-refractivity contribution in [1.82, 2.24) is 9.88 Å². The SMILES string of the molecule is Cc1c(CCC(C)C)c(NCCCN2CCOCC2)[n+]2c([nH]c3ccccc32)c1C#N. The number of hydrogen-bond acceptors (Lipinski definition) is 4. The molecular weight excluding hydrogens is 386 g/mol. The molecule has 1 fully saturated rings. The van der Waals surface area contributed by atoms with E-state index in [1.165, 1.54) is 5.56 Å². The second-order valence-corrected chi connectivity index (χ2v) is 8.93. The molecule has 1 saturated heterocycles. The van der Waals surface area contributed by atoms with E-state index in [-0.39, 0.29) is 0 Å².